The Labute approximate surface area is 235 Å². The fourth-order valence-electron chi connectivity index (χ4n) is 6.37. The van der Waals surface area contributed by atoms with Crippen molar-refractivity contribution in [2.75, 3.05) is 52.8 Å². The monoisotopic (exact) mass is 543 g/mol. The molecule has 8 nitrogen and oxygen atoms in total. The van der Waals surface area contributed by atoms with E-state index >= 15 is 0 Å². The molecule has 40 heavy (non-hydrogen) atoms. The van der Waals surface area contributed by atoms with E-state index in [1.807, 2.05) is 69.2 Å². The lowest BCUT2D eigenvalue weighted by Crippen LogP contribution is -2.44. The molecule has 2 aromatic carbocycles. The molecule has 1 fully saturated rings. The summed E-state index contributed by atoms with van der Waals surface area (Å²) >= 11 is 0. The lowest BCUT2D eigenvalue weighted by Gasteiger charge is -2.43. The molecule has 1 aliphatic carbocycles. The average molecular weight is 544 g/mol. The van der Waals surface area contributed by atoms with Gasteiger partial charge in [0.05, 0.1) is 17.6 Å². The minimum atomic E-state index is -1.14. The van der Waals surface area contributed by atoms with Crippen molar-refractivity contribution < 1.29 is 23.8 Å². The number of likely N-dealkylation sites (N-methyl/N-ethyl adjacent to an activating group) is 1. The Hall–Kier alpha value is -3.62. The number of hydrogen-bond donors (Lipinski definition) is 0. The number of ether oxygens (including phenoxy) is 3. The average Bonchev–Trinajstić information content (AvgIpc) is 3.24. The summed E-state index contributed by atoms with van der Waals surface area (Å²) in [6, 6.07) is 11.4. The standard InChI is InChI=1S/C32H37N3O5/c1-6-38-23-13-15-35(16-14-23)30(36)20-7-10-24-27(17-20)32(40-31(24)37)25-11-8-21(33(2)3)18-28(25)39-29-19-22(34(4)5)9-12-26(29)32/h7-12,17-19,21,23,25H,6,13-16H2,1-5H3. The minimum absolute atomic E-state index is 0.0369. The number of anilines is 1. The molecule has 0 bridgehead atoms. The Morgan fingerprint density at radius 3 is 2.52 bits per heavy atom. The molecule has 3 heterocycles. The Kier molecular flexibility index (Phi) is 6.71. The molecule has 1 amide bonds. The number of hydrogen-bond acceptors (Lipinski definition) is 7. The van der Waals surface area contributed by atoms with E-state index in [4.69, 9.17) is 14.2 Å². The number of benzene rings is 2. The summed E-state index contributed by atoms with van der Waals surface area (Å²) in [4.78, 5) is 33.1. The van der Waals surface area contributed by atoms with Crippen molar-refractivity contribution in [3.8, 4) is 5.75 Å². The number of nitrogens with zero attached hydrogens (tertiary/aromatic N) is 3. The van der Waals surface area contributed by atoms with Crippen LogP contribution in [-0.2, 0) is 15.1 Å². The van der Waals surface area contributed by atoms with Crippen LogP contribution in [0.1, 0.15) is 51.6 Å². The van der Waals surface area contributed by atoms with Crippen molar-refractivity contribution in [1.82, 2.24) is 9.80 Å². The van der Waals surface area contributed by atoms with Gasteiger partial charge in [-0.3, -0.25) is 9.69 Å². The summed E-state index contributed by atoms with van der Waals surface area (Å²) < 4.78 is 18.7. The molecule has 0 radical (unpaired) electrons. The van der Waals surface area contributed by atoms with E-state index < -0.39 is 11.6 Å². The van der Waals surface area contributed by atoms with Crippen LogP contribution in [0.2, 0.25) is 0 Å². The van der Waals surface area contributed by atoms with Crippen LogP contribution in [0.25, 0.3) is 0 Å². The van der Waals surface area contributed by atoms with Crippen molar-refractivity contribution in [3.63, 3.8) is 0 Å². The molecule has 0 aromatic heterocycles. The molecular formula is C32H37N3O5. The summed E-state index contributed by atoms with van der Waals surface area (Å²) in [5.41, 5.74) is 2.37. The lowest BCUT2D eigenvalue weighted by molar-refractivity contribution is -0.0151. The van der Waals surface area contributed by atoms with E-state index in [1.165, 1.54) is 0 Å². The van der Waals surface area contributed by atoms with Crippen LogP contribution in [0.5, 0.6) is 5.75 Å². The smallest absolute Gasteiger partial charge is 0.339 e. The third kappa shape index (κ3) is 4.21. The van der Waals surface area contributed by atoms with Gasteiger partial charge in [-0.1, -0.05) is 12.2 Å². The van der Waals surface area contributed by atoms with Gasteiger partial charge in [-0.15, -0.1) is 0 Å². The highest BCUT2D eigenvalue weighted by molar-refractivity contribution is 6.00. The van der Waals surface area contributed by atoms with E-state index in [9.17, 15) is 9.59 Å². The van der Waals surface area contributed by atoms with E-state index in [1.54, 1.807) is 12.1 Å². The number of piperidine rings is 1. The van der Waals surface area contributed by atoms with Crippen LogP contribution in [0.4, 0.5) is 5.69 Å². The number of rotatable bonds is 5. The molecule has 1 spiro atoms. The molecule has 4 aliphatic rings. The molecule has 0 saturated carbocycles. The number of fused-ring (bicyclic) bond motifs is 6. The topological polar surface area (TPSA) is 71.5 Å². The second-order valence-corrected chi connectivity index (χ2v) is 11.4. The Bertz CT molecular complexity index is 1410. The first-order valence-electron chi connectivity index (χ1n) is 14.1. The maximum Gasteiger partial charge on any atom is 0.339 e. The summed E-state index contributed by atoms with van der Waals surface area (Å²) in [5.74, 6) is 0.597. The van der Waals surface area contributed by atoms with Crippen LogP contribution < -0.4 is 9.64 Å². The second-order valence-electron chi connectivity index (χ2n) is 11.4. The highest BCUT2D eigenvalue weighted by Gasteiger charge is 2.58. The lowest BCUT2D eigenvalue weighted by atomic mass is 9.71. The summed E-state index contributed by atoms with van der Waals surface area (Å²) in [7, 11) is 7.99. The van der Waals surface area contributed by atoms with Crippen LogP contribution in [0.3, 0.4) is 0 Å². The van der Waals surface area contributed by atoms with E-state index in [2.05, 4.69) is 23.1 Å². The molecule has 210 valence electrons. The molecule has 1 saturated heterocycles. The molecule has 3 unspecified atom stereocenters. The zero-order valence-electron chi connectivity index (χ0n) is 23.8. The Morgan fingerprint density at radius 1 is 1.05 bits per heavy atom. The molecule has 6 rings (SSSR count). The van der Waals surface area contributed by atoms with Gasteiger partial charge in [0.1, 0.15) is 11.5 Å². The molecule has 3 aliphatic heterocycles. The first kappa shape index (κ1) is 26.6. The predicted molar refractivity (Wildman–Crippen MR) is 153 cm³/mol. The van der Waals surface area contributed by atoms with Crippen molar-refractivity contribution in [2.24, 2.45) is 5.92 Å². The maximum absolute atomic E-state index is 13.7. The summed E-state index contributed by atoms with van der Waals surface area (Å²) in [6.45, 7) is 3.98. The number of carbonyl (C=O) groups is 2. The quantitative estimate of drug-likeness (QED) is 0.414. The summed E-state index contributed by atoms with van der Waals surface area (Å²) in [6.07, 6.45) is 8.12. The SMILES string of the molecule is CCOC1CCN(C(=O)c2ccc3c(c2)C2(OC3=O)c3ccc(N(C)C)cc3OC3=CC(N(C)C)C=CC32)CC1. The van der Waals surface area contributed by atoms with Gasteiger partial charge in [-0.05, 0) is 70.3 Å². The largest absolute Gasteiger partial charge is 0.461 e. The normalized spacial score (nSPS) is 25.2. The maximum atomic E-state index is 13.7. The van der Waals surface area contributed by atoms with Crippen molar-refractivity contribution in [1.29, 1.82) is 0 Å². The number of esters is 1. The summed E-state index contributed by atoms with van der Waals surface area (Å²) in [5, 5.41) is 0. The third-order valence-corrected chi connectivity index (χ3v) is 8.56. The molecule has 2 aromatic rings. The number of carbonyl (C=O) groups excluding carboxylic acids is 2. The van der Waals surface area contributed by atoms with Gasteiger partial charge in [-0.25, -0.2) is 4.79 Å². The zero-order chi connectivity index (χ0) is 28.2. The Balaban J connectivity index is 1.45. The molecule has 8 heteroatoms. The van der Waals surface area contributed by atoms with E-state index in [0.717, 1.165) is 29.9 Å². The molecule has 3 atom stereocenters. The molecule has 0 N–H and O–H groups in total. The van der Waals surface area contributed by atoms with Gasteiger partial charge in [0.15, 0.2) is 5.60 Å². The number of amides is 1. The fraction of sp³-hybridized carbons (Fsp3) is 0.438. The first-order chi connectivity index (χ1) is 19.2. The fourth-order valence-corrected chi connectivity index (χ4v) is 6.37. The van der Waals surface area contributed by atoms with Crippen molar-refractivity contribution in [2.45, 2.75) is 37.5 Å². The van der Waals surface area contributed by atoms with Crippen molar-refractivity contribution in [3.05, 3.63) is 82.6 Å². The van der Waals surface area contributed by atoms with Crippen LogP contribution in [-0.4, -0.2) is 81.7 Å². The predicted octanol–water partition coefficient (Wildman–Crippen LogP) is 4.20. The Morgan fingerprint density at radius 2 is 1.82 bits per heavy atom. The first-order valence-corrected chi connectivity index (χ1v) is 14.1. The van der Waals surface area contributed by atoms with Crippen molar-refractivity contribution >= 4 is 17.6 Å². The van der Waals surface area contributed by atoms with Crippen LogP contribution in [0.15, 0.2) is 60.4 Å². The van der Waals surface area contributed by atoms with Gasteiger partial charge in [0.2, 0.25) is 0 Å². The van der Waals surface area contributed by atoms with E-state index in [-0.39, 0.29) is 24.0 Å². The van der Waals surface area contributed by atoms with Gasteiger partial charge >= 0.3 is 5.97 Å². The van der Waals surface area contributed by atoms with Gasteiger partial charge < -0.3 is 24.0 Å². The minimum Gasteiger partial charge on any atom is -0.461 e. The van der Waals surface area contributed by atoms with Gasteiger partial charge in [-0.2, -0.15) is 0 Å². The molecular weight excluding hydrogens is 506 g/mol. The van der Waals surface area contributed by atoms with Crippen LogP contribution >= 0.6 is 0 Å². The van der Waals surface area contributed by atoms with Crippen LogP contribution in [0, 0.1) is 5.92 Å². The highest BCUT2D eigenvalue weighted by atomic mass is 16.6. The van der Waals surface area contributed by atoms with Gasteiger partial charge in [0, 0.05) is 68.3 Å². The zero-order valence-corrected chi connectivity index (χ0v) is 23.8. The third-order valence-electron chi connectivity index (χ3n) is 8.56. The second kappa shape index (κ2) is 10.1. The van der Waals surface area contributed by atoms with Gasteiger partial charge in [0.25, 0.3) is 5.91 Å². The van der Waals surface area contributed by atoms with E-state index in [0.29, 0.717) is 42.1 Å². The highest BCUT2D eigenvalue weighted by Crippen LogP contribution is 2.57. The number of likely N-dealkylation sites (tertiary alicyclic amines) is 1.